The number of rotatable bonds is 5. The molecule has 10 heteroatoms. The molecule has 8 nitrogen and oxygen atoms in total. The minimum atomic E-state index is -3.76. The number of amides is 2. The summed E-state index contributed by atoms with van der Waals surface area (Å²) in [5.74, 6) is -1.14. The maximum Gasteiger partial charge on any atom is 0.265 e. The molecule has 2 heterocycles. The van der Waals surface area contributed by atoms with Gasteiger partial charge in [-0.05, 0) is 37.1 Å². The summed E-state index contributed by atoms with van der Waals surface area (Å²) in [6.45, 7) is 0.438. The van der Waals surface area contributed by atoms with Crippen molar-refractivity contribution in [1.82, 2.24) is 8.87 Å². The van der Waals surface area contributed by atoms with Gasteiger partial charge in [-0.15, -0.1) is 0 Å². The maximum atomic E-state index is 12.8. The standard InChI is InChI=1S/C18H21ClN4O4S/c1-22-11-15(10-16(22)17(20)24)28(26,27)23-7-5-12(6-8-23)18(25)21-14-4-2-3-13(19)9-14/h2-4,9-12H,5-8H2,1H3,(H2,20,24)(H,21,25). The molecule has 28 heavy (non-hydrogen) atoms. The van der Waals surface area contributed by atoms with Gasteiger partial charge in [-0.1, -0.05) is 17.7 Å². The number of carbonyl (C=O) groups is 2. The zero-order chi connectivity index (χ0) is 20.5. The van der Waals surface area contributed by atoms with Crippen molar-refractivity contribution in [1.29, 1.82) is 0 Å². The molecule has 0 saturated carbocycles. The van der Waals surface area contributed by atoms with Gasteiger partial charge in [0, 0.05) is 43.0 Å². The molecule has 2 aromatic rings. The molecule has 1 aliphatic rings. The average Bonchev–Trinajstić information content (AvgIpc) is 3.05. The van der Waals surface area contributed by atoms with Gasteiger partial charge < -0.3 is 15.6 Å². The number of aromatic nitrogens is 1. The molecule has 0 atom stereocenters. The number of nitrogens with one attached hydrogen (secondary N) is 1. The Labute approximate surface area is 168 Å². The van der Waals surface area contributed by atoms with E-state index in [0.29, 0.717) is 23.6 Å². The van der Waals surface area contributed by atoms with Crippen molar-refractivity contribution in [2.24, 2.45) is 18.7 Å². The molecule has 0 radical (unpaired) electrons. The van der Waals surface area contributed by atoms with Crippen molar-refractivity contribution < 1.29 is 18.0 Å². The van der Waals surface area contributed by atoms with Crippen LogP contribution < -0.4 is 11.1 Å². The highest BCUT2D eigenvalue weighted by molar-refractivity contribution is 7.89. The number of hydrogen-bond acceptors (Lipinski definition) is 4. The van der Waals surface area contributed by atoms with Gasteiger partial charge >= 0.3 is 0 Å². The van der Waals surface area contributed by atoms with E-state index in [1.807, 2.05) is 0 Å². The fourth-order valence-corrected chi connectivity index (χ4v) is 4.97. The number of carbonyl (C=O) groups excluding carboxylic acids is 2. The van der Waals surface area contributed by atoms with Crippen LogP contribution in [0, 0.1) is 5.92 Å². The van der Waals surface area contributed by atoms with Crippen molar-refractivity contribution in [3.63, 3.8) is 0 Å². The first-order valence-electron chi connectivity index (χ1n) is 8.71. The van der Waals surface area contributed by atoms with Gasteiger partial charge in [0.1, 0.15) is 10.6 Å². The van der Waals surface area contributed by atoms with Crippen LogP contribution in [-0.2, 0) is 21.9 Å². The van der Waals surface area contributed by atoms with Gasteiger partial charge in [-0.3, -0.25) is 9.59 Å². The van der Waals surface area contributed by atoms with Gasteiger partial charge in [-0.25, -0.2) is 8.42 Å². The number of hydrogen-bond donors (Lipinski definition) is 2. The van der Waals surface area contributed by atoms with E-state index >= 15 is 0 Å². The molecule has 1 saturated heterocycles. The Kier molecular flexibility index (Phi) is 5.78. The number of sulfonamides is 1. The first-order valence-corrected chi connectivity index (χ1v) is 10.5. The molecule has 150 valence electrons. The molecule has 0 unspecified atom stereocenters. The lowest BCUT2D eigenvalue weighted by atomic mass is 9.97. The van der Waals surface area contributed by atoms with Crippen LogP contribution in [0.5, 0.6) is 0 Å². The Hall–Kier alpha value is -2.36. The number of anilines is 1. The van der Waals surface area contributed by atoms with Gasteiger partial charge in [0.2, 0.25) is 15.9 Å². The monoisotopic (exact) mass is 424 g/mol. The number of aryl methyl sites for hydroxylation is 1. The molecule has 0 spiro atoms. The van der Waals surface area contributed by atoms with E-state index in [9.17, 15) is 18.0 Å². The van der Waals surface area contributed by atoms with Crippen molar-refractivity contribution in [3.8, 4) is 0 Å². The normalized spacial score (nSPS) is 16.1. The third-order valence-corrected chi connectivity index (χ3v) is 6.89. The van der Waals surface area contributed by atoms with E-state index in [-0.39, 0.29) is 35.5 Å². The Balaban J connectivity index is 1.65. The van der Waals surface area contributed by atoms with E-state index < -0.39 is 15.9 Å². The molecule has 1 aliphatic heterocycles. The van der Waals surface area contributed by atoms with Gasteiger partial charge in [0.15, 0.2) is 0 Å². The van der Waals surface area contributed by atoms with E-state index in [4.69, 9.17) is 17.3 Å². The van der Waals surface area contributed by atoms with Crippen LogP contribution in [0.4, 0.5) is 5.69 Å². The Morgan fingerprint density at radius 1 is 1.21 bits per heavy atom. The van der Waals surface area contributed by atoms with E-state index in [2.05, 4.69) is 5.32 Å². The first-order chi connectivity index (χ1) is 13.2. The highest BCUT2D eigenvalue weighted by Crippen LogP contribution is 2.26. The lowest BCUT2D eigenvalue weighted by molar-refractivity contribution is -0.120. The molecular formula is C18H21ClN4O4S. The van der Waals surface area contributed by atoms with Crippen LogP contribution in [-0.4, -0.2) is 42.2 Å². The Morgan fingerprint density at radius 2 is 1.89 bits per heavy atom. The number of benzene rings is 1. The number of nitrogens with zero attached hydrogens (tertiary/aromatic N) is 2. The van der Waals surface area contributed by atoms with E-state index in [1.54, 1.807) is 31.3 Å². The summed E-state index contributed by atoms with van der Waals surface area (Å²) < 4.78 is 28.4. The largest absolute Gasteiger partial charge is 0.364 e. The summed E-state index contributed by atoms with van der Waals surface area (Å²) in [6.07, 6.45) is 2.18. The second-order valence-electron chi connectivity index (χ2n) is 6.71. The smallest absolute Gasteiger partial charge is 0.265 e. The molecule has 3 rings (SSSR count). The van der Waals surface area contributed by atoms with Crippen LogP contribution in [0.3, 0.4) is 0 Å². The number of nitrogens with two attached hydrogens (primary N) is 1. The second-order valence-corrected chi connectivity index (χ2v) is 9.09. The third-order valence-electron chi connectivity index (χ3n) is 4.79. The second kappa shape index (κ2) is 7.94. The topological polar surface area (TPSA) is 114 Å². The molecule has 3 N–H and O–H groups in total. The fraction of sp³-hybridized carbons (Fsp3) is 0.333. The third kappa shape index (κ3) is 4.21. The van der Waals surface area contributed by atoms with Gasteiger partial charge in [0.05, 0.1) is 0 Å². The summed E-state index contributed by atoms with van der Waals surface area (Å²) in [6, 6.07) is 8.14. The molecule has 0 aliphatic carbocycles. The van der Waals surface area contributed by atoms with Crippen molar-refractivity contribution >= 4 is 39.1 Å². The number of piperidine rings is 1. The van der Waals surface area contributed by atoms with Crippen LogP contribution in [0.15, 0.2) is 41.4 Å². The highest BCUT2D eigenvalue weighted by atomic mass is 35.5. The summed E-state index contributed by atoms with van der Waals surface area (Å²) in [5.41, 5.74) is 5.98. The lowest BCUT2D eigenvalue weighted by Crippen LogP contribution is -2.41. The highest BCUT2D eigenvalue weighted by Gasteiger charge is 2.33. The Bertz CT molecular complexity index is 1010. The van der Waals surface area contributed by atoms with Crippen LogP contribution in [0.2, 0.25) is 5.02 Å². The van der Waals surface area contributed by atoms with Crippen molar-refractivity contribution in [2.45, 2.75) is 17.7 Å². The minimum absolute atomic E-state index is 0.0191. The number of halogens is 1. The van der Waals surface area contributed by atoms with Crippen molar-refractivity contribution in [2.75, 3.05) is 18.4 Å². The fourth-order valence-electron chi connectivity index (χ4n) is 3.24. The molecule has 1 aromatic carbocycles. The summed E-state index contributed by atoms with van der Waals surface area (Å²) >= 11 is 5.92. The van der Waals surface area contributed by atoms with Crippen molar-refractivity contribution in [3.05, 3.63) is 47.2 Å². The van der Waals surface area contributed by atoms with Gasteiger partial charge in [0.25, 0.3) is 5.91 Å². The number of primary amides is 1. The Morgan fingerprint density at radius 3 is 2.46 bits per heavy atom. The van der Waals surface area contributed by atoms with Gasteiger partial charge in [-0.2, -0.15) is 4.31 Å². The summed E-state index contributed by atoms with van der Waals surface area (Å²) in [7, 11) is -2.19. The van der Waals surface area contributed by atoms with Crippen LogP contribution in [0.25, 0.3) is 0 Å². The van der Waals surface area contributed by atoms with Crippen LogP contribution >= 0.6 is 11.6 Å². The predicted molar refractivity (Wildman–Crippen MR) is 105 cm³/mol. The van der Waals surface area contributed by atoms with E-state index in [1.165, 1.54) is 21.1 Å². The van der Waals surface area contributed by atoms with Crippen LogP contribution in [0.1, 0.15) is 23.3 Å². The molecule has 1 fully saturated rings. The quantitative estimate of drug-likeness (QED) is 0.761. The average molecular weight is 425 g/mol. The predicted octanol–water partition coefficient (Wildman–Crippen LogP) is 1.82. The molecular weight excluding hydrogens is 404 g/mol. The summed E-state index contributed by atoms with van der Waals surface area (Å²) in [4.78, 5) is 23.8. The minimum Gasteiger partial charge on any atom is -0.364 e. The zero-order valence-electron chi connectivity index (χ0n) is 15.3. The summed E-state index contributed by atoms with van der Waals surface area (Å²) in [5, 5.41) is 3.34. The molecule has 1 aromatic heterocycles. The first kappa shape index (κ1) is 20.4. The zero-order valence-corrected chi connectivity index (χ0v) is 16.8. The maximum absolute atomic E-state index is 12.8. The lowest BCUT2D eigenvalue weighted by Gasteiger charge is -2.30. The SMILES string of the molecule is Cn1cc(S(=O)(=O)N2CCC(C(=O)Nc3cccc(Cl)c3)CC2)cc1C(N)=O. The molecule has 0 bridgehead atoms. The molecule has 2 amide bonds. The van der Waals surface area contributed by atoms with E-state index in [0.717, 1.165) is 0 Å².